The Kier molecular flexibility index (Phi) is 6.16. The van der Waals surface area contributed by atoms with Gasteiger partial charge >= 0.3 is 0 Å². The molecule has 1 rings (SSSR count). The second kappa shape index (κ2) is 7.39. The molecule has 0 fully saturated rings. The molecule has 0 saturated carbocycles. The SMILES string of the molecule is CCC(C)NC(=O)CNC(C)c1cccc(Cl)c1. The van der Waals surface area contributed by atoms with Gasteiger partial charge in [-0.25, -0.2) is 0 Å². The van der Waals surface area contributed by atoms with Crippen LogP contribution in [0, 0.1) is 0 Å². The molecule has 2 atom stereocenters. The first-order valence-electron chi connectivity index (χ1n) is 6.31. The van der Waals surface area contributed by atoms with Crippen LogP contribution in [0.1, 0.15) is 38.8 Å². The molecule has 0 radical (unpaired) electrons. The maximum atomic E-state index is 11.6. The number of benzene rings is 1. The third kappa shape index (κ3) is 5.07. The number of carbonyl (C=O) groups excluding carboxylic acids is 1. The number of carbonyl (C=O) groups is 1. The van der Waals surface area contributed by atoms with Gasteiger partial charge in [-0.3, -0.25) is 4.79 Å². The van der Waals surface area contributed by atoms with Crippen molar-refractivity contribution in [3.05, 3.63) is 34.9 Å². The maximum absolute atomic E-state index is 11.6. The van der Waals surface area contributed by atoms with E-state index in [1.165, 1.54) is 0 Å². The molecule has 0 bridgehead atoms. The van der Waals surface area contributed by atoms with E-state index in [-0.39, 0.29) is 18.0 Å². The molecule has 4 heteroatoms. The van der Waals surface area contributed by atoms with Crippen LogP contribution in [0.2, 0.25) is 5.02 Å². The molecule has 2 unspecified atom stereocenters. The molecule has 0 saturated heterocycles. The topological polar surface area (TPSA) is 41.1 Å². The fourth-order valence-corrected chi connectivity index (χ4v) is 1.77. The quantitative estimate of drug-likeness (QED) is 0.833. The van der Waals surface area contributed by atoms with Crippen LogP contribution < -0.4 is 10.6 Å². The fraction of sp³-hybridized carbons (Fsp3) is 0.500. The number of hydrogen-bond acceptors (Lipinski definition) is 2. The summed E-state index contributed by atoms with van der Waals surface area (Å²) < 4.78 is 0. The third-order valence-electron chi connectivity index (χ3n) is 2.94. The van der Waals surface area contributed by atoms with E-state index in [0.717, 1.165) is 12.0 Å². The molecule has 1 amide bonds. The van der Waals surface area contributed by atoms with Crippen molar-refractivity contribution in [2.45, 2.75) is 39.3 Å². The summed E-state index contributed by atoms with van der Waals surface area (Å²) >= 11 is 5.93. The average Bonchev–Trinajstić information content (AvgIpc) is 2.35. The molecular weight excluding hydrogens is 248 g/mol. The number of hydrogen-bond donors (Lipinski definition) is 2. The molecule has 18 heavy (non-hydrogen) atoms. The normalized spacial score (nSPS) is 14.0. The molecule has 1 aromatic rings. The zero-order valence-corrected chi connectivity index (χ0v) is 11.9. The predicted octanol–water partition coefficient (Wildman–Crippen LogP) is 2.91. The van der Waals surface area contributed by atoms with Crippen LogP contribution >= 0.6 is 11.6 Å². The van der Waals surface area contributed by atoms with Crippen LogP contribution in [0.4, 0.5) is 0 Å². The predicted molar refractivity (Wildman–Crippen MR) is 75.8 cm³/mol. The Morgan fingerprint density at radius 3 is 2.72 bits per heavy atom. The second-order valence-electron chi connectivity index (χ2n) is 4.53. The molecule has 100 valence electrons. The van der Waals surface area contributed by atoms with Gasteiger partial charge in [0.25, 0.3) is 0 Å². The van der Waals surface area contributed by atoms with E-state index >= 15 is 0 Å². The van der Waals surface area contributed by atoms with Crippen molar-refractivity contribution in [1.29, 1.82) is 0 Å². The Morgan fingerprint density at radius 2 is 2.11 bits per heavy atom. The van der Waals surface area contributed by atoms with Crippen LogP contribution in [0.5, 0.6) is 0 Å². The van der Waals surface area contributed by atoms with Crippen molar-refractivity contribution in [3.8, 4) is 0 Å². The lowest BCUT2D eigenvalue weighted by Gasteiger charge is -2.16. The van der Waals surface area contributed by atoms with Gasteiger partial charge in [-0.05, 0) is 38.0 Å². The largest absolute Gasteiger partial charge is 0.353 e. The van der Waals surface area contributed by atoms with E-state index < -0.39 is 0 Å². The first-order valence-corrected chi connectivity index (χ1v) is 6.69. The van der Waals surface area contributed by atoms with Crippen molar-refractivity contribution in [3.63, 3.8) is 0 Å². The summed E-state index contributed by atoms with van der Waals surface area (Å²) in [5, 5.41) is 6.82. The van der Waals surface area contributed by atoms with E-state index in [9.17, 15) is 4.79 Å². The van der Waals surface area contributed by atoms with Crippen molar-refractivity contribution in [1.82, 2.24) is 10.6 Å². The summed E-state index contributed by atoms with van der Waals surface area (Å²) in [5.41, 5.74) is 1.08. The number of rotatable bonds is 6. The fourth-order valence-electron chi connectivity index (χ4n) is 1.57. The zero-order chi connectivity index (χ0) is 13.5. The zero-order valence-electron chi connectivity index (χ0n) is 11.2. The molecule has 2 N–H and O–H groups in total. The van der Waals surface area contributed by atoms with Gasteiger partial charge in [0.1, 0.15) is 0 Å². The Labute approximate surface area is 114 Å². The van der Waals surface area contributed by atoms with Crippen molar-refractivity contribution < 1.29 is 4.79 Å². The van der Waals surface area contributed by atoms with Gasteiger partial charge in [-0.2, -0.15) is 0 Å². The summed E-state index contributed by atoms with van der Waals surface area (Å²) in [6.45, 7) is 6.38. The first-order chi connectivity index (χ1) is 8.52. The van der Waals surface area contributed by atoms with E-state index in [2.05, 4.69) is 10.6 Å². The van der Waals surface area contributed by atoms with Gasteiger partial charge in [-0.1, -0.05) is 30.7 Å². The van der Waals surface area contributed by atoms with E-state index in [1.807, 2.05) is 45.0 Å². The number of halogens is 1. The second-order valence-corrected chi connectivity index (χ2v) is 4.97. The molecule has 0 spiro atoms. The Bertz CT molecular complexity index is 395. The molecule has 0 aliphatic carbocycles. The van der Waals surface area contributed by atoms with Crippen molar-refractivity contribution in [2.24, 2.45) is 0 Å². The Balaban J connectivity index is 2.41. The lowest BCUT2D eigenvalue weighted by atomic mass is 10.1. The summed E-state index contributed by atoms with van der Waals surface area (Å²) in [6, 6.07) is 7.98. The molecule has 0 heterocycles. The third-order valence-corrected chi connectivity index (χ3v) is 3.17. The van der Waals surface area contributed by atoms with E-state index in [1.54, 1.807) is 0 Å². The lowest BCUT2D eigenvalue weighted by molar-refractivity contribution is -0.120. The van der Waals surface area contributed by atoms with Crippen LogP contribution in [0.25, 0.3) is 0 Å². The summed E-state index contributed by atoms with van der Waals surface area (Å²) in [7, 11) is 0. The van der Waals surface area contributed by atoms with Gasteiger partial charge < -0.3 is 10.6 Å². The molecular formula is C14H21ClN2O. The molecule has 1 aromatic carbocycles. The Morgan fingerprint density at radius 1 is 1.39 bits per heavy atom. The van der Waals surface area contributed by atoms with Gasteiger partial charge in [0.2, 0.25) is 5.91 Å². The standard InChI is InChI=1S/C14H21ClN2O/c1-4-10(2)17-14(18)9-16-11(3)12-6-5-7-13(15)8-12/h5-8,10-11,16H,4,9H2,1-3H3,(H,17,18). The van der Waals surface area contributed by atoms with Gasteiger partial charge in [0, 0.05) is 17.1 Å². The highest BCUT2D eigenvalue weighted by atomic mass is 35.5. The number of nitrogens with one attached hydrogen (secondary N) is 2. The Hall–Kier alpha value is -1.06. The van der Waals surface area contributed by atoms with Crippen LogP contribution in [0.3, 0.4) is 0 Å². The van der Waals surface area contributed by atoms with Crippen LogP contribution in [-0.4, -0.2) is 18.5 Å². The minimum atomic E-state index is 0.0261. The minimum absolute atomic E-state index is 0.0261. The highest BCUT2D eigenvalue weighted by Gasteiger charge is 2.09. The smallest absolute Gasteiger partial charge is 0.234 e. The van der Waals surface area contributed by atoms with Gasteiger partial charge in [0.15, 0.2) is 0 Å². The highest BCUT2D eigenvalue weighted by molar-refractivity contribution is 6.30. The molecule has 0 aliphatic rings. The van der Waals surface area contributed by atoms with Gasteiger partial charge in [0.05, 0.1) is 6.54 Å². The average molecular weight is 269 g/mol. The summed E-state index contributed by atoms with van der Waals surface area (Å²) in [4.78, 5) is 11.6. The number of amides is 1. The summed E-state index contributed by atoms with van der Waals surface area (Å²) in [5.74, 6) is 0.0261. The van der Waals surface area contributed by atoms with Gasteiger partial charge in [-0.15, -0.1) is 0 Å². The monoisotopic (exact) mass is 268 g/mol. The summed E-state index contributed by atoms with van der Waals surface area (Å²) in [6.07, 6.45) is 0.940. The van der Waals surface area contributed by atoms with Crippen LogP contribution in [-0.2, 0) is 4.79 Å². The van der Waals surface area contributed by atoms with E-state index in [4.69, 9.17) is 11.6 Å². The lowest BCUT2D eigenvalue weighted by Crippen LogP contribution is -2.39. The van der Waals surface area contributed by atoms with Crippen molar-refractivity contribution >= 4 is 17.5 Å². The minimum Gasteiger partial charge on any atom is -0.353 e. The highest BCUT2D eigenvalue weighted by Crippen LogP contribution is 2.16. The molecule has 3 nitrogen and oxygen atoms in total. The van der Waals surface area contributed by atoms with Crippen LogP contribution in [0.15, 0.2) is 24.3 Å². The molecule has 0 aliphatic heterocycles. The maximum Gasteiger partial charge on any atom is 0.234 e. The van der Waals surface area contributed by atoms with E-state index in [0.29, 0.717) is 11.6 Å². The molecule has 0 aromatic heterocycles. The van der Waals surface area contributed by atoms with Crippen molar-refractivity contribution in [2.75, 3.05) is 6.54 Å². The first kappa shape index (κ1) is 15.0.